The Labute approximate surface area is 87.3 Å². The van der Waals surface area contributed by atoms with Crippen molar-refractivity contribution in [2.24, 2.45) is 10.1 Å². The quantitative estimate of drug-likeness (QED) is 0.469. The molecule has 0 aromatic heterocycles. The van der Waals surface area contributed by atoms with Crippen LogP contribution in [0.2, 0.25) is 0 Å². The van der Waals surface area contributed by atoms with Gasteiger partial charge >= 0.3 is 0 Å². The summed E-state index contributed by atoms with van der Waals surface area (Å²) < 4.78 is 46.3. The summed E-state index contributed by atoms with van der Waals surface area (Å²) in [7, 11) is -7.23. The fourth-order valence-corrected chi connectivity index (χ4v) is 1.27. The third-order valence-electron chi connectivity index (χ3n) is 0.554. The van der Waals surface area contributed by atoms with Crippen LogP contribution >= 0.6 is 17.0 Å². The Balaban J connectivity index is 0. The maximum atomic E-state index is 10.5. The summed E-state index contributed by atoms with van der Waals surface area (Å²) in [5.41, 5.74) is 4.93. The molecular formula is C3H10BrN3O4S2. The van der Waals surface area contributed by atoms with Crippen LogP contribution in [0.25, 0.3) is 0 Å². The van der Waals surface area contributed by atoms with E-state index < -0.39 is 26.0 Å². The topological polar surface area (TPSA) is 119 Å². The molecule has 7 nitrogen and oxygen atoms in total. The Bertz CT molecular complexity index is 383. The largest absolute Gasteiger partial charge is 0.368 e. The first-order valence-electron chi connectivity index (χ1n) is 2.63. The van der Waals surface area contributed by atoms with E-state index in [0.29, 0.717) is 0 Å². The lowest BCUT2D eigenvalue weighted by Crippen LogP contribution is -2.36. The van der Waals surface area contributed by atoms with Gasteiger partial charge < -0.3 is 5.73 Å². The molecule has 0 spiro atoms. The summed E-state index contributed by atoms with van der Waals surface area (Å²) in [6.45, 7) is 0. The molecule has 0 aliphatic rings. The highest BCUT2D eigenvalue weighted by atomic mass is 79.9. The lowest BCUT2D eigenvalue weighted by atomic mass is 11.1. The van der Waals surface area contributed by atoms with Gasteiger partial charge in [0, 0.05) is 0 Å². The lowest BCUT2D eigenvalue weighted by Gasteiger charge is -1.99. The van der Waals surface area contributed by atoms with E-state index in [1.807, 2.05) is 0 Å². The van der Waals surface area contributed by atoms with Crippen LogP contribution in [0.4, 0.5) is 0 Å². The first-order valence-corrected chi connectivity index (χ1v) is 6.37. The molecule has 0 aliphatic heterocycles. The van der Waals surface area contributed by atoms with Gasteiger partial charge in [0.25, 0.3) is 10.0 Å². The first-order chi connectivity index (χ1) is 5.10. The number of hydrogen-bond acceptors (Lipinski definition) is 4. The van der Waals surface area contributed by atoms with E-state index in [9.17, 15) is 16.8 Å². The van der Waals surface area contributed by atoms with Gasteiger partial charge in [0.15, 0.2) is 0 Å². The van der Waals surface area contributed by atoms with Gasteiger partial charge in [0.1, 0.15) is 0 Å². The molecule has 0 amide bonds. The zero-order chi connectivity index (χ0) is 9.99. The molecule has 0 bridgehead atoms. The Morgan fingerprint density at radius 2 is 1.62 bits per heavy atom. The normalized spacial score (nSPS) is 13.2. The van der Waals surface area contributed by atoms with Crippen LogP contribution < -0.4 is 10.5 Å². The second kappa shape index (κ2) is 4.77. The molecule has 80 valence electrons. The number of hydrogen-bond donors (Lipinski definition) is 2. The number of nitrogens with one attached hydrogen (secondary N) is 1. The van der Waals surface area contributed by atoms with E-state index in [1.165, 1.54) is 0 Å². The number of sulfonamides is 2. The van der Waals surface area contributed by atoms with E-state index in [1.54, 1.807) is 4.72 Å². The number of guanidine groups is 1. The Hall–Kier alpha value is -0.350. The summed E-state index contributed by atoms with van der Waals surface area (Å²) >= 11 is 0. The van der Waals surface area contributed by atoms with Gasteiger partial charge in [0.2, 0.25) is 16.0 Å². The molecule has 0 rings (SSSR count). The third kappa shape index (κ3) is 11.7. The summed E-state index contributed by atoms with van der Waals surface area (Å²) in [4.78, 5) is 0. The molecule has 0 atom stereocenters. The predicted octanol–water partition coefficient (Wildman–Crippen LogP) is -1.61. The first kappa shape index (κ1) is 15.1. The van der Waals surface area contributed by atoms with Crippen LogP contribution in [0, 0.1) is 0 Å². The van der Waals surface area contributed by atoms with Crippen LogP contribution in [-0.2, 0) is 20.0 Å². The highest BCUT2D eigenvalue weighted by molar-refractivity contribution is 8.93. The minimum atomic E-state index is -3.66. The maximum absolute atomic E-state index is 10.5. The monoisotopic (exact) mass is 295 g/mol. The van der Waals surface area contributed by atoms with Crippen molar-refractivity contribution in [2.75, 3.05) is 12.5 Å². The molecule has 0 saturated carbocycles. The van der Waals surface area contributed by atoms with Crippen molar-refractivity contribution < 1.29 is 16.8 Å². The van der Waals surface area contributed by atoms with Crippen molar-refractivity contribution in [1.82, 2.24) is 4.72 Å². The second-order valence-electron chi connectivity index (χ2n) is 2.08. The Morgan fingerprint density at radius 1 is 1.23 bits per heavy atom. The molecule has 0 heterocycles. The minimum absolute atomic E-state index is 0. The van der Waals surface area contributed by atoms with Gasteiger partial charge in [-0.3, -0.25) is 4.72 Å². The lowest BCUT2D eigenvalue weighted by molar-refractivity contribution is 0.598. The van der Waals surface area contributed by atoms with Crippen molar-refractivity contribution in [3.8, 4) is 0 Å². The molecule has 0 aliphatic carbocycles. The molecule has 0 unspecified atom stereocenters. The fourth-order valence-electron chi connectivity index (χ4n) is 0.387. The number of nitrogens with zero attached hydrogens (tertiary/aromatic N) is 1. The molecule has 0 aromatic carbocycles. The zero-order valence-electron chi connectivity index (χ0n) is 6.88. The van der Waals surface area contributed by atoms with Gasteiger partial charge in [-0.05, 0) is 0 Å². The van der Waals surface area contributed by atoms with Crippen molar-refractivity contribution in [1.29, 1.82) is 0 Å². The standard InChI is InChI=1S/C3H9N3O4S2.BrH/c1-11(7,8)5-3(4)6-12(2,9)10;/h1-2H3,(H3,4,5,6);1H. The molecule has 0 aromatic rings. The van der Waals surface area contributed by atoms with Crippen LogP contribution in [0.3, 0.4) is 0 Å². The zero-order valence-corrected chi connectivity index (χ0v) is 10.2. The van der Waals surface area contributed by atoms with E-state index in [0.717, 1.165) is 12.5 Å². The molecule has 3 N–H and O–H groups in total. The smallest absolute Gasteiger partial charge is 0.253 e. The fraction of sp³-hybridized carbons (Fsp3) is 0.667. The Morgan fingerprint density at radius 3 is 1.85 bits per heavy atom. The van der Waals surface area contributed by atoms with Crippen molar-refractivity contribution in [2.45, 2.75) is 0 Å². The van der Waals surface area contributed by atoms with Crippen molar-refractivity contribution >= 4 is 43.0 Å². The van der Waals surface area contributed by atoms with Gasteiger partial charge in [0.05, 0.1) is 12.5 Å². The van der Waals surface area contributed by atoms with Crippen molar-refractivity contribution in [3.05, 3.63) is 0 Å². The van der Waals surface area contributed by atoms with Crippen LogP contribution in [-0.4, -0.2) is 35.3 Å². The Kier molecular flexibility index (Phi) is 5.55. The van der Waals surface area contributed by atoms with E-state index >= 15 is 0 Å². The number of halogens is 1. The average molecular weight is 296 g/mol. The highest BCUT2D eigenvalue weighted by Gasteiger charge is 2.05. The minimum Gasteiger partial charge on any atom is -0.368 e. The number of nitrogens with two attached hydrogens (primary N) is 1. The predicted molar refractivity (Wildman–Crippen MR) is 54.8 cm³/mol. The molecule has 10 heteroatoms. The van der Waals surface area contributed by atoms with Crippen molar-refractivity contribution in [3.63, 3.8) is 0 Å². The molecule has 0 fully saturated rings. The van der Waals surface area contributed by atoms with E-state index in [2.05, 4.69) is 4.40 Å². The summed E-state index contributed by atoms with van der Waals surface area (Å²) in [6, 6.07) is 0. The van der Waals surface area contributed by atoms with Gasteiger partial charge in [-0.2, -0.15) is 0 Å². The van der Waals surface area contributed by atoms with E-state index in [4.69, 9.17) is 5.73 Å². The molecule has 13 heavy (non-hydrogen) atoms. The van der Waals surface area contributed by atoms with Crippen LogP contribution in [0.5, 0.6) is 0 Å². The maximum Gasteiger partial charge on any atom is 0.253 e. The summed E-state index contributed by atoms with van der Waals surface area (Å²) in [6.07, 6.45) is 1.63. The average Bonchev–Trinajstić information content (AvgIpc) is 1.49. The highest BCUT2D eigenvalue weighted by Crippen LogP contribution is 1.83. The SMILES string of the molecule is Br.CS(=O)(=O)N=C(N)NS(C)(=O)=O. The van der Waals surface area contributed by atoms with Crippen LogP contribution in [0.1, 0.15) is 0 Å². The molecule has 0 saturated heterocycles. The van der Waals surface area contributed by atoms with Gasteiger partial charge in [-0.25, -0.2) is 16.8 Å². The second-order valence-corrected chi connectivity index (χ2v) is 5.48. The number of rotatable bonds is 2. The van der Waals surface area contributed by atoms with Gasteiger partial charge in [-0.1, -0.05) is 0 Å². The summed E-state index contributed by atoms with van der Waals surface area (Å²) in [5, 5.41) is 0. The van der Waals surface area contributed by atoms with Crippen LogP contribution in [0.15, 0.2) is 4.40 Å². The van der Waals surface area contributed by atoms with E-state index in [-0.39, 0.29) is 17.0 Å². The third-order valence-corrected chi connectivity index (χ3v) is 1.66. The molecular weight excluding hydrogens is 286 g/mol. The van der Waals surface area contributed by atoms with Gasteiger partial charge in [-0.15, -0.1) is 21.4 Å². The summed E-state index contributed by atoms with van der Waals surface area (Å²) in [5.74, 6) is -0.667. The molecule has 0 radical (unpaired) electrons.